The van der Waals surface area contributed by atoms with Gasteiger partial charge < -0.3 is 5.32 Å². The van der Waals surface area contributed by atoms with Gasteiger partial charge in [0.1, 0.15) is 0 Å². The van der Waals surface area contributed by atoms with Gasteiger partial charge in [0.2, 0.25) is 0 Å². The Kier molecular flexibility index (Phi) is 2.39. The molecule has 3 rings (SSSR count). The van der Waals surface area contributed by atoms with Crippen LogP contribution in [0.5, 0.6) is 0 Å². The Morgan fingerprint density at radius 2 is 1.94 bits per heavy atom. The highest BCUT2D eigenvalue weighted by molar-refractivity contribution is 5.56. The highest BCUT2D eigenvalue weighted by atomic mass is 15.3. The third-order valence-electron chi connectivity index (χ3n) is 3.33. The van der Waals surface area contributed by atoms with Crippen molar-refractivity contribution in [2.75, 3.05) is 11.9 Å². The zero-order chi connectivity index (χ0) is 11.8. The number of benzene rings is 1. The lowest BCUT2D eigenvalue weighted by molar-refractivity contribution is 0.741. The van der Waals surface area contributed by atoms with E-state index >= 15 is 0 Å². The summed E-state index contributed by atoms with van der Waals surface area (Å²) in [6.45, 7) is 5.24. The van der Waals surface area contributed by atoms with Crippen LogP contribution in [-0.4, -0.2) is 16.3 Å². The summed E-state index contributed by atoms with van der Waals surface area (Å²) in [6.07, 6.45) is 2.29. The van der Waals surface area contributed by atoms with E-state index < -0.39 is 0 Å². The number of aromatic nitrogens is 2. The van der Waals surface area contributed by atoms with Crippen molar-refractivity contribution in [2.45, 2.75) is 26.7 Å². The first-order valence-corrected chi connectivity index (χ1v) is 6.15. The fourth-order valence-electron chi connectivity index (χ4n) is 2.40. The van der Waals surface area contributed by atoms with Crippen LogP contribution in [0.1, 0.15) is 23.4 Å². The third kappa shape index (κ3) is 1.71. The zero-order valence-electron chi connectivity index (χ0n) is 10.3. The second-order valence-electron chi connectivity index (χ2n) is 4.68. The molecule has 0 saturated heterocycles. The lowest BCUT2D eigenvalue weighted by Gasteiger charge is -2.16. The number of aryl methyl sites for hydroxylation is 2. The van der Waals surface area contributed by atoms with Crippen molar-refractivity contribution in [1.29, 1.82) is 0 Å². The van der Waals surface area contributed by atoms with Crippen molar-refractivity contribution in [3.8, 4) is 5.69 Å². The molecule has 0 radical (unpaired) electrons. The first kappa shape index (κ1) is 10.4. The first-order chi connectivity index (χ1) is 8.25. The second kappa shape index (κ2) is 3.91. The summed E-state index contributed by atoms with van der Waals surface area (Å²) in [5.74, 6) is 0. The molecule has 0 fully saturated rings. The van der Waals surface area contributed by atoms with Gasteiger partial charge in [-0.25, -0.2) is 4.68 Å². The molecule has 1 aliphatic heterocycles. The maximum Gasteiger partial charge on any atom is 0.0832 e. The number of fused-ring (bicyclic) bond motifs is 1. The molecule has 1 aromatic heterocycles. The van der Waals surface area contributed by atoms with Crippen LogP contribution in [0.4, 0.5) is 5.69 Å². The average Bonchev–Trinajstić information content (AvgIpc) is 2.69. The van der Waals surface area contributed by atoms with E-state index in [4.69, 9.17) is 0 Å². The quantitative estimate of drug-likeness (QED) is 0.812. The van der Waals surface area contributed by atoms with Gasteiger partial charge in [0.15, 0.2) is 0 Å². The van der Waals surface area contributed by atoms with Gasteiger partial charge in [-0.3, -0.25) is 0 Å². The monoisotopic (exact) mass is 227 g/mol. The summed E-state index contributed by atoms with van der Waals surface area (Å²) in [6, 6.07) is 8.54. The summed E-state index contributed by atoms with van der Waals surface area (Å²) in [4.78, 5) is 0. The molecular weight excluding hydrogens is 210 g/mol. The fraction of sp³-hybridized carbons (Fsp3) is 0.357. The normalized spacial score (nSPS) is 14.2. The van der Waals surface area contributed by atoms with Crippen molar-refractivity contribution in [3.63, 3.8) is 0 Å². The molecule has 0 saturated carbocycles. The summed E-state index contributed by atoms with van der Waals surface area (Å²) in [7, 11) is 0. The molecule has 0 bridgehead atoms. The molecule has 0 atom stereocenters. The molecule has 3 heteroatoms. The predicted molar refractivity (Wildman–Crippen MR) is 69.8 cm³/mol. The average molecular weight is 227 g/mol. The number of nitrogens with zero attached hydrogens (tertiary/aromatic N) is 2. The maximum absolute atomic E-state index is 4.65. The molecule has 0 spiro atoms. The number of anilines is 1. The van der Waals surface area contributed by atoms with E-state index in [9.17, 15) is 0 Å². The molecule has 0 amide bonds. The van der Waals surface area contributed by atoms with Gasteiger partial charge in [-0.2, -0.15) is 5.10 Å². The van der Waals surface area contributed by atoms with Gasteiger partial charge in [0.25, 0.3) is 0 Å². The van der Waals surface area contributed by atoms with E-state index in [1.165, 1.54) is 23.4 Å². The Labute approximate surface area is 101 Å². The van der Waals surface area contributed by atoms with Crippen molar-refractivity contribution in [2.24, 2.45) is 0 Å². The standard InChI is InChI=1S/C14H17N3/c1-10-5-7-12(8-6-10)17-13-4-3-9-15-14(13)11(2)16-17/h5-8,15H,3-4,9H2,1-2H3. The Morgan fingerprint density at radius 1 is 1.18 bits per heavy atom. The van der Waals surface area contributed by atoms with E-state index in [-0.39, 0.29) is 0 Å². The molecule has 0 unspecified atom stereocenters. The minimum absolute atomic E-state index is 1.06. The third-order valence-corrected chi connectivity index (χ3v) is 3.33. The molecule has 2 aromatic rings. The lowest BCUT2D eigenvalue weighted by atomic mass is 10.1. The number of hydrogen-bond acceptors (Lipinski definition) is 2. The summed E-state index contributed by atoms with van der Waals surface area (Å²) < 4.78 is 2.08. The molecule has 1 N–H and O–H groups in total. The first-order valence-electron chi connectivity index (χ1n) is 6.15. The van der Waals surface area contributed by atoms with Crippen molar-refractivity contribution < 1.29 is 0 Å². The fourth-order valence-corrected chi connectivity index (χ4v) is 2.40. The zero-order valence-corrected chi connectivity index (χ0v) is 10.3. The topological polar surface area (TPSA) is 29.9 Å². The molecule has 17 heavy (non-hydrogen) atoms. The van der Waals surface area contributed by atoms with Gasteiger partial charge in [-0.15, -0.1) is 0 Å². The van der Waals surface area contributed by atoms with Crippen LogP contribution in [0.25, 0.3) is 5.69 Å². The van der Waals surface area contributed by atoms with E-state index in [0.717, 1.165) is 24.3 Å². The smallest absolute Gasteiger partial charge is 0.0832 e. The largest absolute Gasteiger partial charge is 0.382 e. The molecular formula is C14H17N3. The Morgan fingerprint density at radius 3 is 2.71 bits per heavy atom. The Balaban J connectivity index is 2.11. The summed E-state index contributed by atoms with van der Waals surface area (Å²) >= 11 is 0. The SMILES string of the molecule is Cc1ccc(-n2nc(C)c3c2CCCN3)cc1. The van der Waals surface area contributed by atoms with E-state index in [1.807, 2.05) is 0 Å². The predicted octanol–water partition coefficient (Wildman–Crippen LogP) is 2.85. The number of hydrogen-bond donors (Lipinski definition) is 1. The van der Waals surface area contributed by atoms with Crippen LogP contribution in [-0.2, 0) is 6.42 Å². The van der Waals surface area contributed by atoms with Gasteiger partial charge in [0.05, 0.1) is 22.8 Å². The van der Waals surface area contributed by atoms with Crippen LogP contribution in [0.2, 0.25) is 0 Å². The highest BCUT2D eigenvalue weighted by Crippen LogP contribution is 2.27. The Hall–Kier alpha value is -1.77. The van der Waals surface area contributed by atoms with Gasteiger partial charge in [-0.1, -0.05) is 17.7 Å². The van der Waals surface area contributed by atoms with E-state index in [2.05, 4.69) is 53.2 Å². The molecule has 88 valence electrons. The number of nitrogens with one attached hydrogen (secondary N) is 1. The molecule has 2 heterocycles. The summed E-state index contributed by atoms with van der Waals surface area (Å²) in [5, 5.41) is 8.10. The van der Waals surface area contributed by atoms with Crippen LogP contribution in [0, 0.1) is 13.8 Å². The minimum Gasteiger partial charge on any atom is -0.382 e. The minimum atomic E-state index is 1.06. The highest BCUT2D eigenvalue weighted by Gasteiger charge is 2.18. The van der Waals surface area contributed by atoms with Gasteiger partial charge in [-0.05, 0) is 38.8 Å². The van der Waals surface area contributed by atoms with Crippen LogP contribution < -0.4 is 5.32 Å². The van der Waals surface area contributed by atoms with Crippen molar-refractivity contribution >= 4 is 5.69 Å². The van der Waals surface area contributed by atoms with Crippen molar-refractivity contribution in [3.05, 3.63) is 41.2 Å². The van der Waals surface area contributed by atoms with Crippen LogP contribution in [0.15, 0.2) is 24.3 Å². The second-order valence-corrected chi connectivity index (χ2v) is 4.68. The molecule has 1 aromatic carbocycles. The van der Waals surface area contributed by atoms with Gasteiger partial charge in [0, 0.05) is 6.54 Å². The maximum atomic E-state index is 4.65. The summed E-state index contributed by atoms with van der Waals surface area (Å²) in [5.41, 5.74) is 6.09. The van der Waals surface area contributed by atoms with Crippen LogP contribution >= 0.6 is 0 Å². The van der Waals surface area contributed by atoms with E-state index in [1.54, 1.807) is 0 Å². The van der Waals surface area contributed by atoms with Crippen LogP contribution in [0.3, 0.4) is 0 Å². The molecule has 3 nitrogen and oxygen atoms in total. The molecule has 1 aliphatic rings. The van der Waals surface area contributed by atoms with Crippen molar-refractivity contribution in [1.82, 2.24) is 9.78 Å². The number of rotatable bonds is 1. The Bertz CT molecular complexity index is 537. The van der Waals surface area contributed by atoms with E-state index in [0.29, 0.717) is 0 Å². The van der Waals surface area contributed by atoms with Gasteiger partial charge >= 0.3 is 0 Å². The molecule has 0 aliphatic carbocycles. The lowest BCUT2D eigenvalue weighted by Crippen LogP contribution is -2.13.